The molecule has 26 heavy (non-hydrogen) atoms. The van der Waals surface area contributed by atoms with E-state index in [4.69, 9.17) is 0 Å². The van der Waals surface area contributed by atoms with Gasteiger partial charge in [0.25, 0.3) is 0 Å². The van der Waals surface area contributed by atoms with Crippen molar-refractivity contribution in [1.82, 2.24) is 0 Å². The highest BCUT2D eigenvalue weighted by molar-refractivity contribution is 5.96. The number of ether oxygens (including phenoxy) is 2. The molecule has 0 saturated carbocycles. The number of allylic oxidation sites excluding steroid dienone is 1. The third-order valence-electron chi connectivity index (χ3n) is 4.52. The molecule has 6 nitrogen and oxygen atoms in total. The Labute approximate surface area is 154 Å². The van der Waals surface area contributed by atoms with E-state index >= 15 is 0 Å². The number of cyclic esters (lactones) is 4. The molecule has 0 aromatic heterocycles. The minimum Gasteiger partial charge on any atom is -0.393 e. The third kappa shape index (κ3) is 5.78. The number of carbonyl (C=O) groups excluding carboxylic acids is 4. The zero-order chi connectivity index (χ0) is 19.7. The number of hydrogen-bond donors (Lipinski definition) is 0. The lowest BCUT2D eigenvalue weighted by Crippen LogP contribution is -2.22. The second kappa shape index (κ2) is 7.33. The second-order valence-electron chi connectivity index (χ2n) is 9.41. The third-order valence-corrected chi connectivity index (χ3v) is 4.52. The van der Waals surface area contributed by atoms with Gasteiger partial charge in [0.15, 0.2) is 0 Å². The molecule has 2 fully saturated rings. The Kier molecular flexibility index (Phi) is 5.73. The van der Waals surface area contributed by atoms with Crippen LogP contribution in [0.25, 0.3) is 0 Å². The number of carbonyl (C=O) groups is 4. The Hall–Kier alpha value is -1.98. The average Bonchev–Trinajstić information content (AvgIpc) is 2.88. The zero-order valence-electron chi connectivity index (χ0n) is 16.2. The smallest absolute Gasteiger partial charge is 0.321 e. The van der Waals surface area contributed by atoms with Crippen LogP contribution in [0.2, 0.25) is 0 Å². The molecule has 0 radical (unpaired) electrons. The summed E-state index contributed by atoms with van der Waals surface area (Å²) in [6, 6.07) is 0. The molecule has 0 aromatic rings. The van der Waals surface area contributed by atoms with Crippen LogP contribution in [0, 0.1) is 22.7 Å². The summed E-state index contributed by atoms with van der Waals surface area (Å²) in [5, 5.41) is 0. The van der Waals surface area contributed by atoms with Crippen molar-refractivity contribution in [2.24, 2.45) is 22.7 Å². The van der Waals surface area contributed by atoms with Gasteiger partial charge in [0.2, 0.25) is 0 Å². The van der Waals surface area contributed by atoms with Crippen molar-refractivity contribution in [3.8, 4) is 0 Å². The van der Waals surface area contributed by atoms with Gasteiger partial charge in [-0.05, 0) is 30.1 Å². The topological polar surface area (TPSA) is 86.7 Å². The van der Waals surface area contributed by atoms with E-state index < -0.39 is 35.7 Å². The SMILES string of the molecule is CC(C)(C)CC(C)(C)CC(=CC1CC(=O)OC1=O)CC1CC(=O)OC1=O. The maximum atomic E-state index is 11.9. The lowest BCUT2D eigenvalue weighted by Gasteiger charge is -2.33. The maximum Gasteiger partial charge on any atom is 0.321 e. The minimum absolute atomic E-state index is 0.0239. The normalized spacial score (nSPS) is 24.9. The van der Waals surface area contributed by atoms with E-state index in [-0.39, 0.29) is 23.7 Å². The van der Waals surface area contributed by atoms with Gasteiger partial charge >= 0.3 is 23.9 Å². The predicted octanol–water partition coefficient (Wildman–Crippen LogP) is 3.33. The molecule has 2 aliphatic rings. The lowest BCUT2D eigenvalue weighted by molar-refractivity contribution is -0.154. The van der Waals surface area contributed by atoms with Crippen LogP contribution in [-0.4, -0.2) is 23.9 Å². The van der Waals surface area contributed by atoms with Crippen LogP contribution in [0.15, 0.2) is 11.6 Å². The van der Waals surface area contributed by atoms with Gasteiger partial charge in [0, 0.05) is 0 Å². The summed E-state index contributed by atoms with van der Waals surface area (Å²) in [7, 11) is 0. The highest BCUT2D eigenvalue weighted by Crippen LogP contribution is 2.40. The summed E-state index contributed by atoms with van der Waals surface area (Å²) < 4.78 is 9.27. The fourth-order valence-electron chi connectivity index (χ4n) is 4.21. The largest absolute Gasteiger partial charge is 0.393 e. The van der Waals surface area contributed by atoms with Crippen LogP contribution < -0.4 is 0 Å². The molecule has 2 heterocycles. The predicted molar refractivity (Wildman–Crippen MR) is 93.6 cm³/mol. The van der Waals surface area contributed by atoms with E-state index in [2.05, 4.69) is 44.1 Å². The van der Waals surface area contributed by atoms with Crippen molar-refractivity contribution in [2.45, 2.75) is 66.7 Å². The minimum atomic E-state index is -0.615. The van der Waals surface area contributed by atoms with Crippen molar-refractivity contribution in [3.05, 3.63) is 11.6 Å². The summed E-state index contributed by atoms with van der Waals surface area (Å²) in [6.07, 6.45) is 3.81. The second-order valence-corrected chi connectivity index (χ2v) is 9.41. The van der Waals surface area contributed by atoms with E-state index in [0.29, 0.717) is 12.8 Å². The van der Waals surface area contributed by atoms with E-state index in [1.165, 1.54) is 0 Å². The first kappa shape index (κ1) is 20.3. The fraction of sp³-hybridized carbons (Fsp3) is 0.700. The van der Waals surface area contributed by atoms with Crippen LogP contribution in [-0.2, 0) is 28.7 Å². The molecule has 2 atom stereocenters. The number of hydrogen-bond acceptors (Lipinski definition) is 6. The number of esters is 4. The Morgan fingerprint density at radius 1 is 0.962 bits per heavy atom. The van der Waals surface area contributed by atoms with E-state index in [9.17, 15) is 19.2 Å². The quantitative estimate of drug-likeness (QED) is 0.408. The van der Waals surface area contributed by atoms with Gasteiger partial charge in [-0.2, -0.15) is 0 Å². The summed E-state index contributed by atoms with van der Waals surface area (Å²) in [5.41, 5.74) is 0.954. The molecular formula is C20H28O6. The van der Waals surface area contributed by atoms with Crippen LogP contribution >= 0.6 is 0 Å². The molecule has 0 aromatic carbocycles. The van der Waals surface area contributed by atoms with Gasteiger partial charge < -0.3 is 9.47 Å². The lowest BCUT2D eigenvalue weighted by atomic mass is 9.72. The zero-order valence-corrected chi connectivity index (χ0v) is 16.2. The van der Waals surface area contributed by atoms with Crippen LogP contribution in [0.1, 0.15) is 66.7 Å². The molecule has 0 aliphatic carbocycles. The van der Waals surface area contributed by atoms with Crippen molar-refractivity contribution in [3.63, 3.8) is 0 Å². The summed E-state index contributed by atoms with van der Waals surface area (Å²) in [6.45, 7) is 10.8. The first-order valence-electron chi connectivity index (χ1n) is 9.03. The highest BCUT2D eigenvalue weighted by Gasteiger charge is 2.37. The van der Waals surface area contributed by atoms with Gasteiger partial charge in [0.05, 0.1) is 24.7 Å². The molecule has 2 saturated heterocycles. The van der Waals surface area contributed by atoms with Gasteiger partial charge in [-0.15, -0.1) is 0 Å². The van der Waals surface area contributed by atoms with Crippen molar-refractivity contribution in [2.75, 3.05) is 0 Å². The molecule has 0 spiro atoms. The summed E-state index contributed by atoms with van der Waals surface area (Å²) in [4.78, 5) is 46.4. The van der Waals surface area contributed by atoms with Crippen LogP contribution in [0.3, 0.4) is 0 Å². The Morgan fingerprint density at radius 3 is 2.00 bits per heavy atom. The van der Waals surface area contributed by atoms with E-state index in [1.54, 1.807) is 6.08 Å². The molecule has 0 amide bonds. The van der Waals surface area contributed by atoms with Gasteiger partial charge in [-0.1, -0.05) is 46.3 Å². The van der Waals surface area contributed by atoms with E-state index in [1.807, 2.05) is 0 Å². The Bertz CT molecular complexity index is 650. The average molecular weight is 364 g/mol. The molecule has 2 aliphatic heterocycles. The Balaban J connectivity index is 2.20. The first-order valence-corrected chi connectivity index (χ1v) is 9.03. The number of rotatable bonds is 6. The standard InChI is InChI=1S/C20H28O6/c1-19(2,3)11-20(4,5)10-12(6-13-8-15(21)25-17(13)23)7-14-9-16(22)26-18(14)24/h6,13-14H,7-11H2,1-5H3. The molecule has 6 heteroatoms. The van der Waals surface area contributed by atoms with E-state index in [0.717, 1.165) is 12.0 Å². The van der Waals surface area contributed by atoms with Gasteiger partial charge in [-0.3, -0.25) is 19.2 Å². The van der Waals surface area contributed by atoms with Crippen LogP contribution in [0.5, 0.6) is 0 Å². The fourth-order valence-corrected chi connectivity index (χ4v) is 4.21. The molecule has 0 bridgehead atoms. The van der Waals surface area contributed by atoms with Crippen molar-refractivity contribution >= 4 is 23.9 Å². The monoisotopic (exact) mass is 364 g/mol. The molecule has 2 rings (SSSR count). The molecule has 144 valence electrons. The van der Waals surface area contributed by atoms with Gasteiger partial charge in [0.1, 0.15) is 0 Å². The molecular weight excluding hydrogens is 336 g/mol. The molecule has 0 N–H and O–H groups in total. The maximum absolute atomic E-state index is 11.9. The van der Waals surface area contributed by atoms with Gasteiger partial charge in [-0.25, -0.2) is 0 Å². The summed E-state index contributed by atoms with van der Waals surface area (Å²) >= 11 is 0. The van der Waals surface area contributed by atoms with Crippen LogP contribution in [0.4, 0.5) is 0 Å². The highest BCUT2D eigenvalue weighted by atomic mass is 16.6. The Morgan fingerprint density at radius 2 is 1.54 bits per heavy atom. The first-order chi connectivity index (χ1) is 11.8. The van der Waals surface area contributed by atoms with Crippen molar-refractivity contribution < 1.29 is 28.7 Å². The summed E-state index contributed by atoms with van der Waals surface area (Å²) in [5.74, 6) is -3.24. The van der Waals surface area contributed by atoms with Crippen molar-refractivity contribution in [1.29, 1.82) is 0 Å². The molecule has 2 unspecified atom stereocenters.